The molecule has 2 atom stereocenters. The number of benzene rings is 1. The van der Waals surface area contributed by atoms with Gasteiger partial charge >= 0.3 is 12.2 Å². The van der Waals surface area contributed by atoms with E-state index in [2.05, 4.69) is 24.3 Å². The number of nitrogens with zero attached hydrogens (tertiary/aromatic N) is 6. The predicted molar refractivity (Wildman–Crippen MR) is 163 cm³/mol. The summed E-state index contributed by atoms with van der Waals surface area (Å²) < 4.78 is 7.49. The van der Waals surface area contributed by atoms with Gasteiger partial charge in [0.25, 0.3) is 0 Å². The highest BCUT2D eigenvalue weighted by Crippen LogP contribution is 2.29. The molecule has 4 heterocycles. The number of β-amino-alcohol motifs (C(OH)–C–C–N with tert-alkyl or cyclic N) is 1. The molecule has 1 aromatic carbocycles. The number of para-hydroxylation sites is 1. The number of aliphatic hydroxyl groups excluding tert-OH is 1. The van der Waals surface area contributed by atoms with Crippen LogP contribution in [0, 0.1) is 5.92 Å². The van der Waals surface area contributed by atoms with Crippen LogP contribution in [-0.2, 0) is 11.3 Å². The zero-order valence-corrected chi connectivity index (χ0v) is 25.2. The molecule has 12 heteroatoms. The predicted octanol–water partition coefficient (Wildman–Crippen LogP) is 5.12. The van der Waals surface area contributed by atoms with Gasteiger partial charge in [0.05, 0.1) is 36.6 Å². The number of anilines is 2. The van der Waals surface area contributed by atoms with Gasteiger partial charge in [0, 0.05) is 36.0 Å². The molecule has 0 spiro atoms. The second-order valence-electron chi connectivity index (χ2n) is 12.3. The van der Waals surface area contributed by atoms with Crippen LogP contribution in [0.3, 0.4) is 0 Å². The molecule has 1 saturated heterocycles. The molecule has 1 fully saturated rings. The van der Waals surface area contributed by atoms with Crippen LogP contribution in [0.2, 0.25) is 0 Å². The molecule has 0 aliphatic carbocycles. The zero-order valence-electron chi connectivity index (χ0n) is 25.2. The Morgan fingerprint density at radius 2 is 1.93 bits per heavy atom. The standard InChI is InChI=1S/C31H39N7O5/c1-19(2)23-16-33-38-27(14-26(35-28(23)38)32-15-21-12-13-36(29(40)41)18-25(21)39)37(30(42)43-31(3,4)5)17-22-11-10-20-8-6-7-9-24(20)34-22/h6-11,14,16,19,21,25,39H,12-13,15,17-18H2,1-5H3,(H,32,35)(H,40,41)/t21-,25+/m1/s1. The number of fused-ring (bicyclic) bond motifs is 2. The minimum absolute atomic E-state index is 0.0602. The lowest BCUT2D eigenvalue weighted by atomic mass is 9.94. The fraction of sp³-hybridized carbons (Fsp3) is 0.452. The summed E-state index contributed by atoms with van der Waals surface area (Å²) in [6.07, 6.45) is -0.130. The largest absolute Gasteiger partial charge is 0.465 e. The summed E-state index contributed by atoms with van der Waals surface area (Å²) in [6.45, 7) is 10.5. The molecular formula is C31H39N7O5. The number of hydrogen-bond acceptors (Lipinski definition) is 8. The van der Waals surface area contributed by atoms with Crippen molar-refractivity contribution in [3.8, 4) is 0 Å². The Labute approximate surface area is 250 Å². The number of amides is 2. The van der Waals surface area contributed by atoms with Gasteiger partial charge in [-0.1, -0.05) is 38.1 Å². The number of aromatic nitrogens is 4. The third kappa shape index (κ3) is 6.80. The second-order valence-corrected chi connectivity index (χ2v) is 12.3. The van der Waals surface area contributed by atoms with E-state index in [4.69, 9.17) is 14.7 Å². The Morgan fingerprint density at radius 3 is 2.63 bits per heavy atom. The van der Waals surface area contributed by atoms with E-state index in [0.717, 1.165) is 16.5 Å². The number of hydrogen-bond donors (Lipinski definition) is 3. The minimum atomic E-state index is -1.03. The van der Waals surface area contributed by atoms with E-state index >= 15 is 0 Å². The van der Waals surface area contributed by atoms with E-state index in [1.54, 1.807) is 16.8 Å². The first kappa shape index (κ1) is 30.0. The average Bonchev–Trinajstić information content (AvgIpc) is 3.38. The van der Waals surface area contributed by atoms with E-state index in [1.807, 2.05) is 57.2 Å². The molecule has 12 nitrogen and oxygen atoms in total. The van der Waals surface area contributed by atoms with Crippen LogP contribution in [0.5, 0.6) is 0 Å². The number of carboxylic acid groups (broad SMARTS) is 1. The highest BCUT2D eigenvalue weighted by atomic mass is 16.6. The molecule has 43 heavy (non-hydrogen) atoms. The highest BCUT2D eigenvalue weighted by Gasteiger charge is 2.31. The monoisotopic (exact) mass is 589 g/mol. The maximum atomic E-state index is 13.8. The Balaban J connectivity index is 1.52. The van der Waals surface area contributed by atoms with Crippen molar-refractivity contribution < 1.29 is 24.5 Å². The van der Waals surface area contributed by atoms with Crippen molar-refractivity contribution in [1.29, 1.82) is 0 Å². The Hall–Kier alpha value is -4.45. The van der Waals surface area contributed by atoms with Crippen LogP contribution in [0.15, 0.2) is 48.7 Å². The van der Waals surface area contributed by atoms with E-state index in [1.165, 1.54) is 9.80 Å². The first-order valence-corrected chi connectivity index (χ1v) is 14.5. The summed E-state index contributed by atoms with van der Waals surface area (Å²) in [6, 6.07) is 13.4. The van der Waals surface area contributed by atoms with Gasteiger partial charge in [-0.05, 0) is 45.2 Å². The van der Waals surface area contributed by atoms with Crippen molar-refractivity contribution in [2.75, 3.05) is 29.9 Å². The summed E-state index contributed by atoms with van der Waals surface area (Å²) in [4.78, 5) is 37.5. The van der Waals surface area contributed by atoms with Gasteiger partial charge in [0.2, 0.25) is 0 Å². The quantitative estimate of drug-likeness (QED) is 0.267. The summed E-state index contributed by atoms with van der Waals surface area (Å²) in [5, 5.41) is 28.9. The lowest BCUT2D eigenvalue weighted by molar-refractivity contribution is 0.0294. The number of rotatable bonds is 7. The van der Waals surface area contributed by atoms with Crippen molar-refractivity contribution in [2.24, 2.45) is 5.92 Å². The van der Waals surface area contributed by atoms with Crippen molar-refractivity contribution in [3.63, 3.8) is 0 Å². The van der Waals surface area contributed by atoms with Crippen LogP contribution < -0.4 is 10.2 Å². The summed E-state index contributed by atoms with van der Waals surface area (Å²) in [5.41, 5.74) is 2.26. The maximum absolute atomic E-state index is 13.8. The van der Waals surface area contributed by atoms with Crippen molar-refractivity contribution in [3.05, 3.63) is 59.9 Å². The molecule has 0 bridgehead atoms. The summed E-state index contributed by atoms with van der Waals surface area (Å²) in [7, 11) is 0. The molecule has 4 aromatic rings. The van der Waals surface area contributed by atoms with Crippen molar-refractivity contribution in [1.82, 2.24) is 24.5 Å². The van der Waals surface area contributed by atoms with Crippen LogP contribution >= 0.6 is 0 Å². The SMILES string of the molecule is CC(C)c1cnn2c(N(Cc3ccc4ccccc4n3)C(=O)OC(C)(C)C)cc(NC[C@H]3CCN(C(=O)O)C[C@@H]3O)nc12. The van der Waals surface area contributed by atoms with Crippen molar-refractivity contribution in [2.45, 2.75) is 65.2 Å². The molecular weight excluding hydrogens is 550 g/mol. The first-order chi connectivity index (χ1) is 20.4. The molecule has 3 N–H and O–H groups in total. The van der Waals surface area contributed by atoms with E-state index in [9.17, 15) is 19.8 Å². The average molecular weight is 590 g/mol. The van der Waals surface area contributed by atoms with Crippen molar-refractivity contribution >= 4 is 40.4 Å². The number of carbonyl (C=O) groups is 2. The number of ether oxygens (including phenoxy) is 1. The molecule has 0 unspecified atom stereocenters. The van der Waals surface area contributed by atoms with Gasteiger partial charge in [-0.3, -0.25) is 9.88 Å². The molecule has 228 valence electrons. The van der Waals surface area contributed by atoms with Crippen LogP contribution in [0.1, 0.15) is 58.2 Å². The van der Waals surface area contributed by atoms with E-state index in [0.29, 0.717) is 42.5 Å². The number of likely N-dealkylation sites (tertiary alicyclic amines) is 1. The summed E-state index contributed by atoms with van der Waals surface area (Å²) in [5.74, 6) is 0.894. The van der Waals surface area contributed by atoms with E-state index < -0.39 is 23.9 Å². The zero-order chi connectivity index (χ0) is 30.9. The minimum Gasteiger partial charge on any atom is -0.465 e. The van der Waals surface area contributed by atoms with Crippen LogP contribution in [-0.4, -0.2) is 78.2 Å². The Bertz CT molecular complexity index is 1630. The third-order valence-corrected chi connectivity index (χ3v) is 7.51. The lowest BCUT2D eigenvalue weighted by Gasteiger charge is -2.34. The molecule has 1 aliphatic heterocycles. The van der Waals surface area contributed by atoms with Gasteiger partial charge in [-0.25, -0.2) is 14.6 Å². The molecule has 2 amide bonds. The van der Waals surface area contributed by atoms with Crippen LogP contribution in [0.25, 0.3) is 16.6 Å². The fourth-order valence-corrected chi connectivity index (χ4v) is 5.20. The summed E-state index contributed by atoms with van der Waals surface area (Å²) >= 11 is 0. The van der Waals surface area contributed by atoms with Gasteiger partial charge in [0.15, 0.2) is 5.65 Å². The molecule has 1 aliphatic rings. The van der Waals surface area contributed by atoms with Gasteiger partial charge in [0.1, 0.15) is 17.2 Å². The molecule has 0 saturated carbocycles. The van der Waals surface area contributed by atoms with Gasteiger partial charge in [-0.2, -0.15) is 9.61 Å². The second kappa shape index (κ2) is 12.0. The number of carbonyl (C=O) groups excluding carboxylic acids is 1. The smallest absolute Gasteiger partial charge is 0.416 e. The van der Waals surface area contributed by atoms with Gasteiger partial charge < -0.3 is 25.2 Å². The molecule has 5 rings (SSSR count). The molecule has 0 radical (unpaired) electrons. The van der Waals surface area contributed by atoms with E-state index in [-0.39, 0.29) is 24.9 Å². The number of aliphatic hydroxyl groups is 1. The lowest BCUT2D eigenvalue weighted by Crippen LogP contribution is -2.47. The van der Waals surface area contributed by atoms with Crippen LogP contribution in [0.4, 0.5) is 21.2 Å². The Kier molecular flexibility index (Phi) is 8.41. The number of piperidine rings is 1. The normalized spacial score (nSPS) is 17.4. The Morgan fingerprint density at radius 1 is 1.16 bits per heavy atom. The molecule has 3 aromatic heterocycles. The topological polar surface area (TPSA) is 145 Å². The highest BCUT2D eigenvalue weighted by molar-refractivity contribution is 5.88. The fourth-order valence-electron chi connectivity index (χ4n) is 5.20. The maximum Gasteiger partial charge on any atom is 0.416 e. The number of nitrogens with one attached hydrogen (secondary N) is 1. The van der Waals surface area contributed by atoms with Gasteiger partial charge in [-0.15, -0.1) is 0 Å². The number of pyridine rings is 1. The third-order valence-electron chi connectivity index (χ3n) is 7.51. The first-order valence-electron chi connectivity index (χ1n) is 14.5.